The minimum atomic E-state index is -0.258. The summed E-state index contributed by atoms with van der Waals surface area (Å²) in [5.41, 5.74) is 3.01. The summed E-state index contributed by atoms with van der Waals surface area (Å²) in [7, 11) is 0. The molecular weight excluding hydrogens is 398 g/mol. The molecule has 1 fully saturated rings. The Bertz CT molecular complexity index is 1020. The van der Waals surface area contributed by atoms with E-state index >= 15 is 0 Å². The van der Waals surface area contributed by atoms with Crippen molar-refractivity contribution in [2.24, 2.45) is 0 Å². The minimum Gasteiger partial charge on any atom is -0.342 e. The van der Waals surface area contributed by atoms with Gasteiger partial charge in [-0.2, -0.15) is 0 Å². The quantitative estimate of drug-likeness (QED) is 0.610. The van der Waals surface area contributed by atoms with Crippen LogP contribution < -0.4 is 0 Å². The third kappa shape index (κ3) is 4.03. The molecule has 0 aliphatic carbocycles. The molecule has 0 unspecified atom stereocenters. The molecule has 30 heavy (non-hydrogen) atoms. The lowest BCUT2D eigenvalue weighted by atomic mass is 10.1. The molecule has 2 heterocycles. The van der Waals surface area contributed by atoms with Crippen LogP contribution in [0.25, 0.3) is 17.0 Å². The second kappa shape index (κ2) is 9.08. The van der Waals surface area contributed by atoms with E-state index in [1.165, 1.54) is 4.90 Å². The van der Waals surface area contributed by atoms with E-state index in [4.69, 9.17) is 0 Å². The number of rotatable bonds is 7. The van der Waals surface area contributed by atoms with Crippen molar-refractivity contribution >= 4 is 45.8 Å². The molecule has 160 valence electrons. The third-order valence-corrected chi connectivity index (χ3v) is 6.33. The second-order valence-electron chi connectivity index (χ2n) is 7.59. The normalized spacial score (nSPS) is 15.8. The first-order chi connectivity index (χ1) is 14.3. The van der Waals surface area contributed by atoms with E-state index < -0.39 is 0 Å². The largest absolute Gasteiger partial charge is 0.342 e. The zero-order valence-electron chi connectivity index (χ0n) is 18.3. The molecule has 2 aromatic rings. The fourth-order valence-electron chi connectivity index (χ4n) is 3.88. The van der Waals surface area contributed by atoms with Crippen molar-refractivity contribution in [3.05, 3.63) is 40.4 Å². The van der Waals surface area contributed by atoms with Crippen LogP contribution in [0.1, 0.15) is 45.7 Å². The maximum absolute atomic E-state index is 12.8. The van der Waals surface area contributed by atoms with Crippen molar-refractivity contribution in [2.75, 3.05) is 13.1 Å². The van der Waals surface area contributed by atoms with E-state index in [2.05, 4.69) is 13.0 Å². The van der Waals surface area contributed by atoms with Gasteiger partial charge < -0.3 is 9.47 Å². The van der Waals surface area contributed by atoms with Crippen molar-refractivity contribution in [1.29, 1.82) is 0 Å². The summed E-state index contributed by atoms with van der Waals surface area (Å²) < 4.78 is 1.98. The zero-order valence-corrected chi connectivity index (χ0v) is 19.1. The molecule has 0 atom stereocenters. The Morgan fingerprint density at radius 2 is 1.87 bits per heavy atom. The van der Waals surface area contributed by atoms with E-state index in [1.807, 2.05) is 55.5 Å². The molecule has 1 aromatic carbocycles. The summed E-state index contributed by atoms with van der Waals surface area (Å²) in [6.07, 6.45) is 4.55. The van der Waals surface area contributed by atoms with Crippen molar-refractivity contribution in [3.63, 3.8) is 0 Å². The molecule has 3 amide bonds. The fraction of sp³-hybridized carbons (Fsp3) is 0.435. The number of carbonyl (C=O) groups excluding carboxylic acids is 3. The molecule has 1 saturated heterocycles. The number of likely N-dealkylation sites (N-methyl/N-ethyl adjacent to an activating group) is 1. The van der Waals surface area contributed by atoms with Crippen molar-refractivity contribution in [3.8, 4) is 0 Å². The Hall–Kier alpha value is -2.54. The van der Waals surface area contributed by atoms with Crippen LogP contribution in [0.5, 0.6) is 0 Å². The van der Waals surface area contributed by atoms with E-state index in [9.17, 15) is 14.4 Å². The van der Waals surface area contributed by atoms with Gasteiger partial charge in [-0.1, -0.05) is 25.1 Å². The van der Waals surface area contributed by atoms with Crippen molar-refractivity contribution in [1.82, 2.24) is 14.4 Å². The first kappa shape index (κ1) is 22.2. The number of hydrogen-bond donors (Lipinski definition) is 0. The minimum absolute atomic E-state index is 0.0643. The summed E-state index contributed by atoms with van der Waals surface area (Å²) >= 11 is 0.973. The number of fused-ring (bicyclic) bond motifs is 1. The highest BCUT2D eigenvalue weighted by molar-refractivity contribution is 8.18. The SMILES string of the molecule is CCc1cccc2c(/C=C3\SC(=O)N(C(C)C)C3=O)cn(CC(=O)N(CC)CC)c12. The summed E-state index contributed by atoms with van der Waals surface area (Å²) in [5.74, 6) is -0.193. The predicted octanol–water partition coefficient (Wildman–Crippen LogP) is 4.52. The number of hydrogen-bond acceptors (Lipinski definition) is 4. The Morgan fingerprint density at radius 3 is 2.43 bits per heavy atom. The molecule has 1 aliphatic rings. The molecule has 1 aromatic heterocycles. The van der Waals surface area contributed by atoms with Crippen LogP contribution in [0, 0.1) is 0 Å². The van der Waals surface area contributed by atoms with Gasteiger partial charge in [0, 0.05) is 36.3 Å². The van der Waals surface area contributed by atoms with Gasteiger partial charge in [-0.15, -0.1) is 0 Å². The fourth-order valence-corrected chi connectivity index (χ4v) is 4.83. The Morgan fingerprint density at radius 1 is 1.17 bits per heavy atom. The molecule has 0 bridgehead atoms. The van der Waals surface area contributed by atoms with Gasteiger partial charge in [-0.3, -0.25) is 19.3 Å². The monoisotopic (exact) mass is 427 g/mol. The predicted molar refractivity (Wildman–Crippen MR) is 122 cm³/mol. The van der Waals surface area contributed by atoms with Crippen LogP contribution in [-0.2, 0) is 22.6 Å². The number of para-hydroxylation sites is 1. The highest BCUT2D eigenvalue weighted by Gasteiger charge is 2.36. The highest BCUT2D eigenvalue weighted by atomic mass is 32.2. The highest BCUT2D eigenvalue weighted by Crippen LogP contribution is 2.35. The number of thioether (sulfide) groups is 1. The van der Waals surface area contributed by atoms with Gasteiger partial charge in [-0.05, 0) is 57.5 Å². The number of aromatic nitrogens is 1. The van der Waals surface area contributed by atoms with Gasteiger partial charge in [0.25, 0.3) is 11.1 Å². The van der Waals surface area contributed by atoms with E-state index in [0.717, 1.165) is 40.2 Å². The van der Waals surface area contributed by atoms with E-state index in [0.29, 0.717) is 18.0 Å². The summed E-state index contributed by atoms with van der Waals surface area (Å²) in [6, 6.07) is 5.89. The number of imide groups is 1. The topological polar surface area (TPSA) is 62.6 Å². The van der Waals surface area contributed by atoms with Gasteiger partial charge in [0.15, 0.2) is 0 Å². The number of benzene rings is 1. The summed E-state index contributed by atoms with van der Waals surface area (Å²) in [4.78, 5) is 41.3. The van der Waals surface area contributed by atoms with Crippen LogP contribution in [-0.4, -0.2) is 50.6 Å². The maximum atomic E-state index is 12.8. The zero-order chi connectivity index (χ0) is 22.0. The molecular formula is C23H29N3O3S. The molecule has 1 aliphatic heterocycles. The lowest BCUT2D eigenvalue weighted by Crippen LogP contribution is -2.34. The number of amides is 3. The van der Waals surface area contributed by atoms with E-state index in [1.54, 1.807) is 6.08 Å². The molecule has 0 N–H and O–H groups in total. The van der Waals surface area contributed by atoms with Gasteiger partial charge in [-0.25, -0.2) is 0 Å². The molecule has 0 spiro atoms. The number of carbonyl (C=O) groups is 3. The molecule has 3 rings (SSSR count). The standard InChI is InChI=1S/C23H29N3O3S/c1-6-16-10-9-11-18-17(12-19-22(28)26(15(4)5)23(29)30-19)13-25(21(16)18)14-20(27)24(7-2)8-3/h9-13,15H,6-8,14H2,1-5H3/b19-12-. The Balaban J connectivity index is 2.08. The first-order valence-electron chi connectivity index (χ1n) is 10.5. The first-order valence-corrected chi connectivity index (χ1v) is 11.3. The molecule has 0 radical (unpaired) electrons. The third-order valence-electron chi connectivity index (χ3n) is 5.44. The van der Waals surface area contributed by atoms with Gasteiger partial charge >= 0.3 is 0 Å². The smallest absolute Gasteiger partial charge is 0.293 e. The van der Waals surface area contributed by atoms with E-state index in [-0.39, 0.29) is 29.6 Å². The maximum Gasteiger partial charge on any atom is 0.293 e. The van der Waals surface area contributed by atoms with Gasteiger partial charge in [0.05, 0.1) is 10.4 Å². The number of nitrogens with zero attached hydrogens (tertiary/aromatic N) is 3. The van der Waals surface area contributed by atoms with Gasteiger partial charge in [0.2, 0.25) is 5.91 Å². The van der Waals surface area contributed by atoms with Crippen LogP contribution in [0.15, 0.2) is 29.3 Å². The Labute approximate surface area is 181 Å². The van der Waals surface area contributed by atoms with Gasteiger partial charge in [0.1, 0.15) is 6.54 Å². The summed E-state index contributed by atoms with van der Waals surface area (Å²) in [6.45, 7) is 11.3. The average molecular weight is 428 g/mol. The number of aryl methyl sites for hydroxylation is 1. The van der Waals surface area contributed by atoms with Crippen LogP contribution >= 0.6 is 11.8 Å². The molecule has 7 heteroatoms. The molecule has 0 saturated carbocycles. The second-order valence-corrected chi connectivity index (χ2v) is 8.58. The molecule has 6 nitrogen and oxygen atoms in total. The van der Waals surface area contributed by atoms with Crippen molar-refractivity contribution < 1.29 is 14.4 Å². The lowest BCUT2D eigenvalue weighted by molar-refractivity contribution is -0.131. The van der Waals surface area contributed by atoms with Crippen LogP contribution in [0.4, 0.5) is 4.79 Å². The lowest BCUT2D eigenvalue weighted by Gasteiger charge is -2.19. The van der Waals surface area contributed by atoms with Crippen LogP contribution in [0.3, 0.4) is 0 Å². The van der Waals surface area contributed by atoms with Crippen molar-refractivity contribution in [2.45, 2.75) is 53.6 Å². The Kier molecular flexibility index (Phi) is 6.71. The van der Waals surface area contributed by atoms with Crippen LogP contribution in [0.2, 0.25) is 0 Å². The average Bonchev–Trinajstić information content (AvgIpc) is 3.19. The summed E-state index contributed by atoms with van der Waals surface area (Å²) in [5, 5.41) is 0.744.